The molecule has 1 rings (SSSR count). The van der Waals surface area contributed by atoms with Gasteiger partial charge in [-0.2, -0.15) is 0 Å². The Balaban J connectivity index is 2.48. The Morgan fingerprint density at radius 2 is 1.89 bits per heavy atom. The van der Waals surface area contributed by atoms with Gasteiger partial charge in [0.1, 0.15) is 0 Å². The molecular weight excluding hydrogens is 218 g/mol. The van der Waals surface area contributed by atoms with Gasteiger partial charge >= 0.3 is 0 Å². The van der Waals surface area contributed by atoms with E-state index in [1.165, 1.54) is 77.2 Å². The normalized spacial score (nSPS) is 18.9. The largest absolute Gasteiger partial charge is 0.310 e. The molecule has 0 spiro atoms. The molecule has 0 aromatic carbocycles. The lowest BCUT2D eigenvalue weighted by Crippen LogP contribution is -2.32. The van der Waals surface area contributed by atoms with Crippen molar-refractivity contribution >= 4 is 0 Å². The summed E-state index contributed by atoms with van der Waals surface area (Å²) in [5, 5.41) is 3.78. The molecule has 106 valence electrons. The van der Waals surface area contributed by atoms with E-state index in [0.717, 1.165) is 0 Å². The molecule has 1 aliphatic carbocycles. The molecule has 0 saturated heterocycles. The van der Waals surface area contributed by atoms with Crippen molar-refractivity contribution in [2.75, 3.05) is 6.54 Å². The molecule has 1 unspecified atom stereocenters. The molecule has 1 N–H and O–H groups in total. The van der Waals surface area contributed by atoms with Crippen molar-refractivity contribution in [2.24, 2.45) is 0 Å². The Bertz CT molecular complexity index is 220. The first kappa shape index (κ1) is 15.8. The highest BCUT2D eigenvalue weighted by atomic mass is 14.9. The summed E-state index contributed by atoms with van der Waals surface area (Å²) < 4.78 is 0. The Labute approximate surface area is 114 Å². The van der Waals surface area contributed by atoms with E-state index in [2.05, 4.69) is 25.2 Å². The number of unbranched alkanes of at least 4 members (excludes halogenated alkanes) is 2. The van der Waals surface area contributed by atoms with Crippen LogP contribution in [0.1, 0.15) is 84.5 Å². The van der Waals surface area contributed by atoms with Crippen LogP contribution in [-0.2, 0) is 0 Å². The lowest BCUT2D eigenvalue weighted by molar-refractivity contribution is 0.480. The maximum atomic E-state index is 3.78. The van der Waals surface area contributed by atoms with Gasteiger partial charge in [0.2, 0.25) is 0 Å². The number of allylic oxidation sites excluding steroid dienone is 1. The summed E-state index contributed by atoms with van der Waals surface area (Å²) in [5.74, 6) is 0. The molecule has 0 saturated carbocycles. The quantitative estimate of drug-likeness (QED) is 0.461. The molecule has 0 amide bonds. The zero-order chi connectivity index (χ0) is 13.1. The van der Waals surface area contributed by atoms with E-state index in [1.807, 2.05) is 0 Å². The number of hydrogen-bond donors (Lipinski definition) is 1. The van der Waals surface area contributed by atoms with Gasteiger partial charge in [0, 0.05) is 6.04 Å². The Morgan fingerprint density at radius 1 is 1.06 bits per heavy atom. The minimum atomic E-state index is 0.676. The van der Waals surface area contributed by atoms with E-state index in [1.54, 1.807) is 5.57 Å². The van der Waals surface area contributed by atoms with Crippen LogP contribution in [0.15, 0.2) is 11.6 Å². The highest BCUT2D eigenvalue weighted by Crippen LogP contribution is 2.22. The van der Waals surface area contributed by atoms with Gasteiger partial charge in [-0.3, -0.25) is 0 Å². The predicted molar refractivity (Wildman–Crippen MR) is 82.0 cm³/mol. The fourth-order valence-electron chi connectivity index (χ4n) is 2.87. The van der Waals surface area contributed by atoms with E-state index in [-0.39, 0.29) is 0 Å². The molecule has 0 aromatic heterocycles. The van der Waals surface area contributed by atoms with Crippen molar-refractivity contribution in [3.8, 4) is 0 Å². The third-order valence-corrected chi connectivity index (χ3v) is 4.01. The highest BCUT2D eigenvalue weighted by Gasteiger charge is 2.13. The highest BCUT2D eigenvalue weighted by molar-refractivity contribution is 5.11. The summed E-state index contributed by atoms with van der Waals surface area (Å²) in [6.07, 6.45) is 17.6. The lowest BCUT2D eigenvalue weighted by atomic mass is 9.92. The van der Waals surface area contributed by atoms with Gasteiger partial charge in [-0.25, -0.2) is 0 Å². The van der Waals surface area contributed by atoms with E-state index >= 15 is 0 Å². The minimum absolute atomic E-state index is 0.676. The minimum Gasteiger partial charge on any atom is -0.310 e. The average molecular weight is 251 g/mol. The Kier molecular flexibility index (Phi) is 9.28. The molecule has 0 aromatic rings. The third kappa shape index (κ3) is 6.58. The van der Waals surface area contributed by atoms with E-state index in [4.69, 9.17) is 0 Å². The zero-order valence-corrected chi connectivity index (χ0v) is 12.6. The molecule has 1 atom stereocenters. The van der Waals surface area contributed by atoms with E-state index in [9.17, 15) is 0 Å². The van der Waals surface area contributed by atoms with Gasteiger partial charge in [0.15, 0.2) is 0 Å². The van der Waals surface area contributed by atoms with Crippen molar-refractivity contribution < 1.29 is 0 Å². The van der Waals surface area contributed by atoms with Gasteiger partial charge in [-0.1, -0.05) is 57.6 Å². The molecule has 0 radical (unpaired) electrons. The molecule has 1 aliphatic rings. The topological polar surface area (TPSA) is 12.0 Å². The average Bonchev–Trinajstić information content (AvgIpc) is 2.34. The first-order valence-corrected chi connectivity index (χ1v) is 8.30. The van der Waals surface area contributed by atoms with Crippen LogP contribution in [-0.4, -0.2) is 12.6 Å². The molecular formula is C17H33N. The van der Waals surface area contributed by atoms with E-state index < -0.39 is 0 Å². The molecule has 0 aliphatic heterocycles. The Morgan fingerprint density at radius 3 is 2.67 bits per heavy atom. The second kappa shape index (κ2) is 10.6. The van der Waals surface area contributed by atoms with Crippen LogP contribution >= 0.6 is 0 Å². The van der Waals surface area contributed by atoms with E-state index in [0.29, 0.717) is 6.04 Å². The van der Waals surface area contributed by atoms with Crippen LogP contribution in [0.25, 0.3) is 0 Å². The van der Waals surface area contributed by atoms with Gasteiger partial charge in [0.05, 0.1) is 0 Å². The molecule has 18 heavy (non-hydrogen) atoms. The summed E-state index contributed by atoms with van der Waals surface area (Å²) >= 11 is 0. The SMILES string of the molecule is CCCCCC(NCCC)C1=CCCCCCC1. The molecule has 1 nitrogen and oxygen atoms in total. The van der Waals surface area contributed by atoms with Crippen molar-refractivity contribution in [2.45, 2.75) is 90.5 Å². The first-order valence-electron chi connectivity index (χ1n) is 8.30. The summed E-state index contributed by atoms with van der Waals surface area (Å²) in [7, 11) is 0. The summed E-state index contributed by atoms with van der Waals surface area (Å²) in [4.78, 5) is 0. The molecule has 0 bridgehead atoms. The summed E-state index contributed by atoms with van der Waals surface area (Å²) in [5.41, 5.74) is 1.72. The second-order valence-electron chi connectivity index (χ2n) is 5.73. The summed E-state index contributed by atoms with van der Waals surface area (Å²) in [6.45, 7) is 5.74. The fraction of sp³-hybridized carbons (Fsp3) is 0.882. The molecule has 0 heterocycles. The lowest BCUT2D eigenvalue weighted by Gasteiger charge is -2.23. The van der Waals surface area contributed by atoms with Crippen LogP contribution in [0.2, 0.25) is 0 Å². The zero-order valence-electron chi connectivity index (χ0n) is 12.6. The van der Waals surface area contributed by atoms with Crippen molar-refractivity contribution in [3.05, 3.63) is 11.6 Å². The van der Waals surface area contributed by atoms with Gasteiger partial charge < -0.3 is 5.32 Å². The van der Waals surface area contributed by atoms with Crippen LogP contribution < -0.4 is 5.32 Å². The Hall–Kier alpha value is -0.300. The maximum absolute atomic E-state index is 3.78. The second-order valence-corrected chi connectivity index (χ2v) is 5.73. The first-order chi connectivity index (χ1) is 8.88. The fourth-order valence-corrected chi connectivity index (χ4v) is 2.87. The van der Waals surface area contributed by atoms with Crippen LogP contribution in [0.4, 0.5) is 0 Å². The monoisotopic (exact) mass is 251 g/mol. The van der Waals surface area contributed by atoms with Crippen molar-refractivity contribution in [1.82, 2.24) is 5.32 Å². The van der Waals surface area contributed by atoms with Crippen molar-refractivity contribution in [3.63, 3.8) is 0 Å². The molecule has 0 fully saturated rings. The van der Waals surface area contributed by atoms with Gasteiger partial charge in [0.25, 0.3) is 0 Å². The van der Waals surface area contributed by atoms with Gasteiger partial charge in [-0.05, 0) is 45.1 Å². The predicted octanol–water partition coefficient (Wildman–Crippen LogP) is 5.22. The number of rotatable bonds is 8. The maximum Gasteiger partial charge on any atom is 0.0279 e. The van der Waals surface area contributed by atoms with Crippen LogP contribution in [0.3, 0.4) is 0 Å². The summed E-state index contributed by atoms with van der Waals surface area (Å²) in [6, 6.07) is 0.676. The number of nitrogens with one attached hydrogen (secondary N) is 1. The third-order valence-electron chi connectivity index (χ3n) is 4.01. The standard InChI is InChI=1S/C17H33N/c1-3-5-9-14-17(18-15-4-2)16-12-10-7-6-8-11-13-16/h12,17-18H,3-11,13-15H2,1-2H3. The number of hydrogen-bond acceptors (Lipinski definition) is 1. The van der Waals surface area contributed by atoms with Crippen LogP contribution in [0, 0.1) is 0 Å². The molecule has 1 heteroatoms. The van der Waals surface area contributed by atoms with Crippen molar-refractivity contribution in [1.29, 1.82) is 0 Å². The van der Waals surface area contributed by atoms with Gasteiger partial charge in [-0.15, -0.1) is 0 Å². The van der Waals surface area contributed by atoms with Crippen LogP contribution in [0.5, 0.6) is 0 Å². The smallest absolute Gasteiger partial charge is 0.0279 e.